The number of para-hydroxylation sites is 1. The minimum absolute atomic E-state index is 0. The van der Waals surface area contributed by atoms with Gasteiger partial charge in [0.15, 0.2) is 0 Å². The molecule has 15 heavy (non-hydrogen) atoms. The van der Waals surface area contributed by atoms with E-state index in [-0.39, 0.29) is 25.0 Å². The monoisotopic (exact) mass is 258 g/mol. The standard InChI is InChI=1S/C11H14O3.Zn/c1-2-3-8-14-10-7-5-4-6-9(10)11(12)13;/h4-7H,2-3,8H2,1H3,(H,12,13);. The van der Waals surface area contributed by atoms with E-state index in [9.17, 15) is 4.79 Å². The number of carbonyl (C=O) groups is 1. The molecule has 0 atom stereocenters. The van der Waals surface area contributed by atoms with Crippen molar-refractivity contribution in [2.75, 3.05) is 6.61 Å². The molecule has 0 fully saturated rings. The predicted octanol–water partition coefficient (Wildman–Crippen LogP) is 2.56. The van der Waals surface area contributed by atoms with Crippen LogP contribution in [-0.4, -0.2) is 17.7 Å². The first kappa shape index (κ1) is 14.1. The van der Waals surface area contributed by atoms with Crippen molar-refractivity contribution < 1.29 is 34.1 Å². The molecular weight excluding hydrogens is 246 g/mol. The van der Waals surface area contributed by atoms with Gasteiger partial charge in [0.25, 0.3) is 0 Å². The second kappa shape index (κ2) is 7.41. The Labute approximate surface area is 102 Å². The zero-order valence-electron chi connectivity index (χ0n) is 8.90. The van der Waals surface area contributed by atoms with Crippen molar-refractivity contribution in [1.29, 1.82) is 0 Å². The Bertz CT molecular complexity index is 312. The fourth-order valence-corrected chi connectivity index (χ4v) is 1.10. The van der Waals surface area contributed by atoms with Crippen molar-refractivity contribution in [2.24, 2.45) is 0 Å². The van der Waals surface area contributed by atoms with Crippen LogP contribution >= 0.6 is 0 Å². The average molecular weight is 260 g/mol. The Morgan fingerprint density at radius 3 is 2.67 bits per heavy atom. The first-order chi connectivity index (χ1) is 6.75. The van der Waals surface area contributed by atoms with Crippen LogP contribution in [0.2, 0.25) is 0 Å². The Kier molecular flexibility index (Phi) is 6.97. The number of carboxylic acids is 1. The summed E-state index contributed by atoms with van der Waals surface area (Å²) in [5.74, 6) is -0.495. The van der Waals surface area contributed by atoms with Crippen LogP contribution in [0.4, 0.5) is 0 Å². The number of carboxylic acid groups (broad SMARTS) is 1. The van der Waals surface area contributed by atoms with Crippen LogP contribution in [0.1, 0.15) is 30.1 Å². The summed E-state index contributed by atoms with van der Waals surface area (Å²) in [4.78, 5) is 10.8. The van der Waals surface area contributed by atoms with E-state index in [1.807, 2.05) is 0 Å². The molecule has 0 spiro atoms. The van der Waals surface area contributed by atoms with Crippen LogP contribution in [0.25, 0.3) is 0 Å². The summed E-state index contributed by atoms with van der Waals surface area (Å²) >= 11 is 0. The number of hydrogen-bond donors (Lipinski definition) is 1. The van der Waals surface area contributed by atoms with Gasteiger partial charge in [0.1, 0.15) is 11.3 Å². The van der Waals surface area contributed by atoms with Gasteiger partial charge in [-0.15, -0.1) is 0 Å². The molecule has 0 heterocycles. The third-order valence-electron chi connectivity index (χ3n) is 1.87. The van der Waals surface area contributed by atoms with E-state index in [2.05, 4.69) is 6.92 Å². The van der Waals surface area contributed by atoms with Crippen LogP contribution in [-0.2, 0) is 19.5 Å². The van der Waals surface area contributed by atoms with Gasteiger partial charge in [0, 0.05) is 19.5 Å². The molecule has 0 saturated heterocycles. The van der Waals surface area contributed by atoms with Gasteiger partial charge in [0.05, 0.1) is 6.61 Å². The third-order valence-corrected chi connectivity index (χ3v) is 1.87. The van der Waals surface area contributed by atoms with E-state index in [1.165, 1.54) is 0 Å². The predicted molar refractivity (Wildman–Crippen MR) is 53.8 cm³/mol. The van der Waals surface area contributed by atoms with E-state index in [4.69, 9.17) is 9.84 Å². The van der Waals surface area contributed by atoms with Crippen molar-refractivity contribution in [3.63, 3.8) is 0 Å². The Balaban J connectivity index is 0.00000196. The summed E-state index contributed by atoms with van der Waals surface area (Å²) < 4.78 is 5.36. The molecule has 0 amide bonds. The Morgan fingerprint density at radius 2 is 2.07 bits per heavy atom. The molecule has 4 heteroatoms. The van der Waals surface area contributed by atoms with Crippen LogP contribution < -0.4 is 4.74 Å². The number of aromatic carboxylic acids is 1. The third kappa shape index (κ3) is 4.43. The zero-order valence-corrected chi connectivity index (χ0v) is 11.9. The fraction of sp³-hybridized carbons (Fsp3) is 0.364. The van der Waals surface area contributed by atoms with E-state index < -0.39 is 5.97 Å². The zero-order chi connectivity index (χ0) is 10.4. The molecule has 1 N–H and O–H groups in total. The van der Waals surface area contributed by atoms with E-state index in [0.717, 1.165) is 12.8 Å². The van der Waals surface area contributed by atoms with Gasteiger partial charge >= 0.3 is 5.97 Å². The number of rotatable bonds is 5. The van der Waals surface area contributed by atoms with Gasteiger partial charge in [-0.05, 0) is 18.6 Å². The number of hydrogen-bond acceptors (Lipinski definition) is 2. The summed E-state index contributed by atoms with van der Waals surface area (Å²) in [5.41, 5.74) is 0.226. The molecule has 0 radical (unpaired) electrons. The Hall–Kier alpha value is -0.887. The summed E-state index contributed by atoms with van der Waals surface area (Å²) in [7, 11) is 0. The molecular formula is C11H14O3Zn. The van der Waals surface area contributed by atoms with Gasteiger partial charge in [-0.1, -0.05) is 25.5 Å². The van der Waals surface area contributed by atoms with Crippen molar-refractivity contribution in [2.45, 2.75) is 19.8 Å². The maximum atomic E-state index is 10.8. The number of ether oxygens (including phenoxy) is 1. The molecule has 3 nitrogen and oxygen atoms in total. The molecule has 0 bridgehead atoms. The van der Waals surface area contributed by atoms with E-state index >= 15 is 0 Å². The Morgan fingerprint density at radius 1 is 1.40 bits per heavy atom. The molecule has 1 aromatic carbocycles. The van der Waals surface area contributed by atoms with Crippen LogP contribution in [0.5, 0.6) is 5.75 Å². The molecule has 0 aliphatic carbocycles. The summed E-state index contributed by atoms with van der Waals surface area (Å²) in [6, 6.07) is 6.69. The summed E-state index contributed by atoms with van der Waals surface area (Å²) in [5, 5.41) is 8.84. The van der Waals surface area contributed by atoms with E-state index in [1.54, 1.807) is 24.3 Å². The molecule has 0 unspecified atom stereocenters. The largest absolute Gasteiger partial charge is 0.493 e. The summed E-state index contributed by atoms with van der Waals surface area (Å²) in [6.07, 6.45) is 1.98. The molecule has 0 aromatic heterocycles. The van der Waals surface area contributed by atoms with Crippen LogP contribution in [0.3, 0.4) is 0 Å². The first-order valence-corrected chi connectivity index (χ1v) is 4.70. The quantitative estimate of drug-likeness (QED) is 0.653. The van der Waals surface area contributed by atoms with E-state index in [0.29, 0.717) is 12.4 Å². The van der Waals surface area contributed by atoms with Crippen molar-refractivity contribution >= 4 is 5.97 Å². The van der Waals surface area contributed by atoms with Crippen LogP contribution in [0, 0.1) is 0 Å². The van der Waals surface area contributed by atoms with Gasteiger partial charge < -0.3 is 9.84 Å². The number of unbranched alkanes of at least 4 members (excludes halogenated alkanes) is 1. The fourth-order valence-electron chi connectivity index (χ4n) is 1.10. The summed E-state index contributed by atoms with van der Waals surface area (Å²) in [6.45, 7) is 2.63. The smallest absolute Gasteiger partial charge is 0.339 e. The van der Waals surface area contributed by atoms with Gasteiger partial charge in [-0.25, -0.2) is 4.79 Å². The van der Waals surface area contributed by atoms with Crippen molar-refractivity contribution in [1.82, 2.24) is 0 Å². The normalized spacial score (nSPS) is 9.13. The molecule has 0 aliphatic heterocycles. The minimum Gasteiger partial charge on any atom is -0.493 e. The first-order valence-electron chi connectivity index (χ1n) is 4.70. The maximum Gasteiger partial charge on any atom is 0.339 e. The van der Waals surface area contributed by atoms with Crippen LogP contribution in [0.15, 0.2) is 24.3 Å². The second-order valence-electron chi connectivity index (χ2n) is 3.00. The molecule has 1 rings (SSSR count). The maximum absolute atomic E-state index is 10.8. The topological polar surface area (TPSA) is 46.5 Å². The van der Waals surface area contributed by atoms with Gasteiger partial charge in [-0.2, -0.15) is 0 Å². The van der Waals surface area contributed by atoms with Gasteiger partial charge in [-0.3, -0.25) is 0 Å². The van der Waals surface area contributed by atoms with Crippen molar-refractivity contribution in [3.05, 3.63) is 29.8 Å². The minimum atomic E-state index is -0.947. The number of benzene rings is 1. The second-order valence-corrected chi connectivity index (χ2v) is 3.00. The average Bonchev–Trinajstić information content (AvgIpc) is 2.19. The molecule has 1 aromatic rings. The SMILES string of the molecule is CCCCOc1ccccc1C(=O)O.[Zn]. The van der Waals surface area contributed by atoms with Crippen molar-refractivity contribution in [3.8, 4) is 5.75 Å². The van der Waals surface area contributed by atoms with Gasteiger partial charge in [0.2, 0.25) is 0 Å². The molecule has 0 saturated carbocycles. The molecule has 0 aliphatic rings. The molecule has 78 valence electrons.